The normalized spacial score (nSPS) is 32.7. The van der Waals surface area contributed by atoms with Crippen molar-refractivity contribution in [1.29, 1.82) is 0 Å². The number of H-pyrrole nitrogens is 1. The molecule has 0 aliphatic carbocycles. The summed E-state index contributed by atoms with van der Waals surface area (Å²) in [7, 11) is 1.04. The standard InChI is InChI=1S/C12H16N2O8/c1-12(14-4-3-5(15)13-11(14)20)9(18)6(16)8(22-12)7(17)10(19)21-2/h3-4,6-9,16-18H,1-2H3,(H,13,15,20)/t6-,7?,8+,9-,12-/m1/s1. The summed E-state index contributed by atoms with van der Waals surface area (Å²) in [4.78, 5) is 36.2. The Morgan fingerprint density at radius 2 is 2.14 bits per heavy atom. The minimum atomic E-state index is -1.85. The van der Waals surface area contributed by atoms with E-state index in [1.165, 1.54) is 6.92 Å². The molecule has 1 aromatic rings. The van der Waals surface area contributed by atoms with E-state index in [9.17, 15) is 29.7 Å². The third kappa shape index (κ3) is 2.46. The van der Waals surface area contributed by atoms with Gasteiger partial charge in [0.25, 0.3) is 5.56 Å². The fourth-order valence-electron chi connectivity index (χ4n) is 2.38. The van der Waals surface area contributed by atoms with Gasteiger partial charge in [-0.1, -0.05) is 0 Å². The fraction of sp³-hybridized carbons (Fsp3) is 0.583. The van der Waals surface area contributed by atoms with Gasteiger partial charge >= 0.3 is 11.7 Å². The van der Waals surface area contributed by atoms with E-state index >= 15 is 0 Å². The van der Waals surface area contributed by atoms with Crippen molar-refractivity contribution >= 4 is 5.97 Å². The molecule has 2 heterocycles. The Labute approximate surface area is 123 Å². The number of aliphatic hydroxyl groups is 3. The van der Waals surface area contributed by atoms with Gasteiger partial charge in [0.15, 0.2) is 11.8 Å². The fourth-order valence-corrected chi connectivity index (χ4v) is 2.38. The van der Waals surface area contributed by atoms with Gasteiger partial charge in [-0.05, 0) is 6.92 Å². The van der Waals surface area contributed by atoms with Crippen molar-refractivity contribution < 1.29 is 29.6 Å². The topological polar surface area (TPSA) is 151 Å². The van der Waals surface area contributed by atoms with Gasteiger partial charge in [0.05, 0.1) is 7.11 Å². The van der Waals surface area contributed by atoms with Crippen molar-refractivity contribution in [2.45, 2.75) is 37.1 Å². The number of carbonyl (C=O) groups excluding carboxylic acids is 1. The number of nitrogens with one attached hydrogen (secondary N) is 1. The van der Waals surface area contributed by atoms with Gasteiger partial charge in [-0.2, -0.15) is 0 Å². The average Bonchev–Trinajstić information content (AvgIpc) is 2.70. The van der Waals surface area contributed by atoms with E-state index in [2.05, 4.69) is 4.74 Å². The van der Waals surface area contributed by atoms with Crippen molar-refractivity contribution in [1.82, 2.24) is 9.55 Å². The van der Waals surface area contributed by atoms with Crippen LogP contribution in [-0.4, -0.2) is 62.4 Å². The van der Waals surface area contributed by atoms with Crippen molar-refractivity contribution in [2.75, 3.05) is 7.11 Å². The minimum Gasteiger partial charge on any atom is -0.467 e. The lowest BCUT2D eigenvalue weighted by atomic mass is 10.0. The molecule has 10 heteroatoms. The molecule has 1 aliphatic heterocycles. The summed E-state index contributed by atoms with van der Waals surface area (Å²) in [6, 6.07) is 1.03. The number of aromatic amines is 1. The van der Waals surface area contributed by atoms with Crippen LogP contribution in [0.15, 0.2) is 21.9 Å². The lowest BCUT2D eigenvalue weighted by Crippen LogP contribution is -2.49. The molecule has 1 aliphatic rings. The summed E-state index contributed by atoms with van der Waals surface area (Å²) >= 11 is 0. The number of aromatic nitrogens is 2. The number of hydrogen-bond acceptors (Lipinski definition) is 8. The maximum absolute atomic E-state index is 11.8. The van der Waals surface area contributed by atoms with Crippen LogP contribution in [-0.2, 0) is 20.0 Å². The second-order valence-corrected chi connectivity index (χ2v) is 5.02. The predicted octanol–water partition coefficient (Wildman–Crippen LogP) is -3.14. The zero-order valence-corrected chi connectivity index (χ0v) is 11.8. The summed E-state index contributed by atoms with van der Waals surface area (Å²) in [6.45, 7) is 1.27. The lowest BCUT2D eigenvalue weighted by Gasteiger charge is -2.29. The van der Waals surface area contributed by atoms with Gasteiger partial charge in [0.1, 0.15) is 18.3 Å². The van der Waals surface area contributed by atoms with Crippen molar-refractivity contribution in [3.8, 4) is 0 Å². The van der Waals surface area contributed by atoms with E-state index in [1.54, 1.807) is 0 Å². The maximum atomic E-state index is 11.8. The number of hydrogen-bond donors (Lipinski definition) is 4. The Bertz CT molecular complexity index is 682. The highest BCUT2D eigenvalue weighted by Gasteiger charge is 2.56. The summed E-state index contributed by atoms with van der Waals surface area (Å²) in [6.07, 6.45) is -5.58. The van der Waals surface area contributed by atoms with Gasteiger partial charge in [0.2, 0.25) is 0 Å². The van der Waals surface area contributed by atoms with E-state index in [1.807, 2.05) is 4.98 Å². The first kappa shape index (κ1) is 16.4. The molecule has 0 radical (unpaired) electrons. The van der Waals surface area contributed by atoms with E-state index in [4.69, 9.17) is 4.74 Å². The Balaban J connectivity index is 2.42. The van der Waals surface area contributed by atoms with Gasteiger partial charge < -0.3 is 24.8 Å². The highest BCUT2D eigenvalue weighted by atomic mass is 16.6. The molecule has 5 atom stereocenters. The molecule has 2 rings (SSSR count). The summed E-state index contributed by atoms with van der Waals surface area (Å²) in [5.74, 6) is -1.06. The molecule has 1 saturated heterocycles. The van der Waals surface area contributed by atoms with Crippen LogP contribution < -0.4 is 11.2 Å². The molecule has 22 heavy (non-hydrogen) atoms. The number of rotatable bonds is 3. The summed E-state index contributed by atoms with van der Waals surface area (Å²) in [5.41, 5.74) is -3.32. The van der Waals surface area contributed by atoms with E-state index < -0.39 is 47.4 Å². The van der Waals surface area contributed by atoms with Crippen LogP contribution in [0, 0.1) is 0 Å². The molecule has 0 bridgehead atoms. The molecule has 0 amide bonds. The zero-order chi connectivity index (χ0) is 16.7. The summed E-state index contributed by atoms with van der Waals surface area (Å²) in [5, 5.41) is 29.9. The number of carbonyl (C=O) groups is 1. The number of aliphatic hydroxyl groups excluding tert-OH is 3. The predicted molar refractivity (Wildman–Crippen MR) is 69.9 cm³/mol. The third-order valence-corrected chi connectivity index (χ3v) is 3.64. The smallest absolute Gasteiger partial charge is 0.337 e. The van der Waals surface area contributed by atoms with Crippen LogP contribution in [0.4, 0.5) is 0 Å². The van der Waals surface area contributed by atoms with Gasteiger partial charge in [-0.3, -0.25) is 14.3 Å². The van der Waals surface area contributed by atoms with Crippen LogP contribution >= 0.6 is 0 Å². The second-order valence-electron chi connectivity index (χ2n) is 5.02. The first-order chi connectivity index (χ1) is 10.2. The molecule has 0 spiro atoms. The molecule has 0 aromatic carbocycles. The molecule has 1 fully saturated rings. The minimum absolute atomic E-state index is 0.649. The molecule has 4 N–H and O–H groups in total. The Hall–Kier alpha value is -2.01. The van der Waals surface area contributed by atoms with Gasteiger partial charge in [-0.15, -0.1) is 0 Å². The summed E-state index contributed by atoms with van der Waals surface area (Å²) < 4.78 is 10.6. The molecule has 0 saturated carbocycles. The largest absolute Gasteiger partial charge is 0.467 e. The Morgan fingerprint density at radius 1 is 1.50 bits per heavy atom. The zero-order valence-electron chi connectivity index (χ0n) is 11.8. The number of ether oxygens (including phenoxy) is 2. The van der Waals surface area contributed by atoms with Crippen LogP contribution in [0.1, 0.15) is 6.92 Å². The highest BCUT2D eigenvalue weighted by Crippen LogP contribution is 2.35. The van der Waals surface area contributed by atoms with E-state index in [-0.39, 0.29) is 0 Å². The Morgan fingerprint density at radius 3 is 2.68 bits per heavy atom. The van der Waals surface area contributed by atoms with Crippen LogP contribution in [0.5, 0.6) is 0 Å². The maximum Gasteiger partial charge on any atom is 0.337 e. The second kappa shape index (κ2) is 5.65. The SMILES string of the molecule is COC(=O)C(O)[C@H]1O[C@@](C)(n2ccc(=O)[nH]c2=O)[C@H](O)[C@@H]1O. The van der Waals surface area contributed by atoms with E-state index in [0.717, 1.165) is 23.9 Å². The van der Waals surface area contributed by atoms with Gasteiger partial charge in [0, 0.05) is 12.3 Å². The van der Waals surface area contributed by atoms with Crippen molar-refractivity contribution in [3.63, 3.8) is 0 Å². The van der Waals surface area contributed by atoms with Crippen molar-refractivity contribution in [2.24, 2.45) is 0 Å². The molecule has 10 nitrogen and oxygen atoms in total. The van der Waals surface area contributed by atoms with Crippen LogP contribution in [0.2, 0.25) is 0 Å². The Kier molecular flexibility index (Phi) is 4.20. The molecule has 1 unspecified atom stereocenters. The molecule has 1 aromatic heterocycles. The van der Waals surface area contributed by atoms with Gasteiger partial charge in [-0.25, -0.2) is 9.59 Å². The van der Waals surface area contributed by atoms with Crippen molar-refractivity contribution in [3.05, 3.63) is 33.1 Å². The number of methoxy groups -OCH3 is 1. The first-order valence-corrected chi connectivity index (χ1v) is 6.34. The number of esters is 1. The molecular formula is C12H16N2O8. The number of nitrogens with zero attached hydrogens (tertiary/aromatic N) is 1. The molecule has 122 valence electrons. The average molecular weight is 316 g/mol. The van der Waals surface area contributed by atoms with E-state index in [0.29, 0.717) is 0 Å². The lowest BCUT2D eigenvalue weighted by molar-refractivity contribution is -0.175. The highest BCUT2D eigenvalue weighted by molar-refractivity contribution is 5.75. The van der Waals surface area contributed by atoms with Crippen LogP contribution in [0.3, 0.4) is 0 Å². The quantitative estimate of drug-likeness (QED) is 0.427. The monoisotopic (exact) mass is 316 g/mol. The first-order valence-electron chi connectivity index (χ1n) is 6.34. The molecular weight excluding hydrogens is 300 g/mol. The third-order valence-electron chi connectivity index (χ3n) is 3.64. The van der Waals surface area contributed by atoms with Crippen LogP contribution in [0.25, 0.3) is 0 Å².